The zero-order valence-electron chi connectivity index (χ0n) is 19.7. The predicted molar refractivity (Wildman–Crippen MR) is 122 cm³/mol. The van der Waals surface area contributed by atoms with Crippen LogP contribution in [0.1, 0.15) is 25.7 Å². The molecule has 1 aromatic rings. The maximum atomic E-state index is 12.3. The Kier molecular flexibility index (Phi) is 8.06. The summed E-state index contributed by atoms with van der Waals surface area (Å²) in [5.74, 6) is -0.808. The maximum Gasteiger partial charge on any atom is 0.440 e. The number of hydrogen-bond acceptors (Lipinski definition) is 10. The molecule has 3 aliphatic rings. The highest BCUT2D eigenvalue weighted by molar-refractivity contribution is 5.70. The lowest BCUT2D eigenvalue weighted by molar-refractivity contribution is -0.137. The van der Waals surface area contributed by atoms with E-state index in [2.05, 4.69) is 29.4 Å². The molecule has 13 nitrogen and oxygen atoms in total. The zero-order valence-corrected chi connectivity index (χ0v) is 19.7. The topological polar surface area (TPSA) is 139 Å². The Morgan fingerprint density at radius 2 is 1.68 bits per heavy atom. The van der Waals surface area contributed by atoms with Crippen molar-refractivity contribution in [2.45, 2.75) is 38.0 Å². The van der Waals surface area contributed by atoms with Gasteiger partial charge in [0.15, 0.2) is 6.23 Å². The molecule has 0 spiro atoms. The molecule has 2 N–H and O–H groups in total. The van der Waals surface area contributed by atoms with Crippen molar-refractivity contribution in [1.82, 2.24) is 29.7 Å². The number of carboxylic acid groups (broad SMARTS) is 1. The molecule has 3 fully saturated rings. The number of ether oxygens (including phenoxy) is 1. The van der Waals surface area contributed by atoms with Crippen LogP contribution in [0.25, 0.3) is 0 Å². The molecule has 34 heavy (non-hydrogen) atoms. The van der Waals surface area contributed by atoms with E-state index in [1.54, 1.807) is 4.90 Å². The van der Waals surface area contributed by atoms with Crippen LogP contribution < -0.4 is 10.7 Å². The number of anilines is 1. The molecule has 3 aliphatic heterocycles. The molecule has 4 heterocycles. The third-order valence-electron chi connectivity index (χ3n) is 7.04. The van der Waals surface area contributed by atoms with Gasteiger partial charge in [0.05, 0.1) is 6.04 Å². The first kappa shape index (κ1) is 24.5. The van der Waals surface area contributed by atoms with Crippen molar-refractivity contribution in [3.8, 4) is 0 Å². The highest BCUT2D eigenvalue weighted by Crippen LogP contribution is 2.26. The minimum Gasteiger partial charge on any atom is -0.481 e. The summed E-state index contributed by atoms with van der Waals surface area (Å²) < 4.78 is 10.3. The Bertz CT molecular complexity index is 875. The smallest absolute Gasteiger partial charge is 0.440 e. The average Bonchev–Trinajstić information content (AvgIpc) is 3.38. The highest BCUT2D eigenvalue weighted by atomic mass is 16.6. The molecule has 2 atom stereocenters. The number of aromatic nitrogens is 2. The van der Waals surface area contributed by atoms with Crippen LogP contribution in [-0.4, -0.2) is 132 Å². The van der Waals surface area contributed by atoms with Gasteiger partial charge in [0.25, 0.3) is 0 Å². The second-order valence-corrected chi connectivity index (χ2v) is 9.22. The van der Waals surface area contributed by atoms with E-state index < -0.39 is 11.7 Å². The molecule has 13 heteroatoms. The number of aromatic amines is 1. The summed E-state index contributed by atoms with van der Waals surface area (Å²) in [6, 6.07) is 0.0209. The zero-order chi connectivity index (χ0) is 24.1. The Hall–Kier alpha value is -2.64. The summed E-state index contributed by atoms with van der Waals surface area (Å²) >= 11 is 0. The Morgan fingerprint density at radius 3 is 2.29 bits per heavy atom. The minimum absolute atomic E-state index is 0.0209. The molecule has 0 aliphatic carbocycles. The summed E-state index contributed by atoms with van der Waals surface area (Å²) in [5, 5.41) is 12.6. The first-order valence-electron chi connectivity index (χ1n) is 12.1. The Labute approximate surface area is 198 Å². The number of hydrogen-bond donors (Lipinski definition) is 2. The first-order valence-corrected chi connectivity index (χ1v) is 12.1. The van der Waals surface area contributed by atoms with Crippen LogP contribution in [0.4, 0.5) is 10.7 Å². The SMILES string of the molecule is CN1C(=O)OC(N2CCN(CCCC(=O)O)CC2)C1CCCN1CCN(c2noc(=O)[nH]2)CC1. The van der Waals surface area contributed by atoms with E-state index in [1.165, 1.54) is 0 Å². The van der Waals surface area contributed by atoms with E-state index in [1.807, 2.05) is 11.9 Å². The molecule has 0 bridgehead atoms. The lowest BCUT2D eigenvalue weighted by Crippen LogP contribution is -2.54. The number of aliphatic carboxylic acids is 1. The number of likely N-dealkylation sites (N-methyl/N-ethyl adjacent to an activating group) is 1. The second-order valence-electron chi connectivity index (χ2n) is 9.22. The molecule has 1 amide bonds. The molecule has 1 aromatic heterocycles. The van der Waals surface area contributed by atoms with Gasteiger partial charge >= 0.3 is 17.8 Å². The van der Waals surface area contributed by atoms with Gasteiger partial charge in [-0.25, -0.2) is 9.59 Å². The van der Waals surface area contributed by atoms with Crippen molar-refractivity contribution in [3.05, 3.63) is 10.6 Å². The van der Waals surface area contributed by atoms with Gasteiger partial charge in [-0.15, -0.1) is 0 Å². The third-order valence-corrected chi connectivity index (χ3v) is 7.04. The van der Waals surface area contributed by atoms with Gasteiger partial charge in [-0.2, -0.15) is 0 Å². The number of H-pyrrole nitrogens is 1. The van der Waals surface area contributed by atoms with E-state index in [0.717, 1.165) is 78.3 Å². The van der Waals surface area contributed by atoms with Gasteiger partial charge in [0, 0.05) is 65.8 Å². The molecule has 190 valence electrons. The predicted octanol–water partition coefficient (Wildman–Crippen LogP) is -0.476. The lowest BCUT2D eigenvalue weighted by Gasteiger charge is -2.39. The van der Waals surface area contributed by atoms with Crippen molar-refractivity contribution in [2.24, 2.45) is 0 Å². The van der Waals surface area contributed by atoms with Crippen LogP contribution in [-0.2, 0) is 9.53 Å². The van der Waals surface area contributed by atoms with Gasteiger partial charge in [0.1, 0.15) is 0 Å². The van der Waals surface area contributed by atoms with Crippen molar-refractivity contribution in [3.63, 3.8) is 0 Å². The van der Waals surface area contributed by atoms with Crippen LogP contribution >= 0.6 is 0 Å². The summed E-state index contributed by atoms with van der Waals surface area (Å²) in [6.45, 7) is 8.33. The molecule has 2 unspecified atom stereocenters. The van der Waals surface area contributed by atoms with Gasteiger partial charge in [0.2, 0.25) is 5.95 Å². The fraction of sp³-hybridized carbons (Fsp3) is 0.810. The van der Waals surface area contributed by atoms with Crippen LogP contribution in [0.2, 0.25) is 0 Å². The number of cyclic esters (lactones) is 1. The number of nitrogens with zero attached hydrogens (tertiary/aromatic N) is 6. The molecular formula is C21H35N7O6. The fourth-order valence-electron chi connectivity index (χ4n) is 5.01. The minimum atomic E-state index is -0.754. The van der Waals surface area contributed by atoms with E-state index in [4.69, 9.17) is 9.84 Å². The number of rotatable bonds is 10. The van der Waals surface area contributed by atoms with Crippen LogP contribution in [0, 0.1) is 0 Å². The summed E-state index contributed by atoms with van der Waals surface area (Å²) in [5.41, 5.74) is 0. The highest BCUT2D eigenvalue weighted by Gasteiger charge is 2.43. The Morgan fingerprint density at radius 1 is 1.03 bits per heavy atom. The quantitative estimate of drug-likeness (QED) is 0.448. The lowest BCUT2D eigenvalue weighted by atomic mass is 10.1. The van der Waals surface area contributed by atoms with Crippen LogP contribution in [0.5, 0.6) is 0 Å². The van der Waals surface area contributed by atoms with Crippen molar-refractivity contribution in [2.75, 3.05) is 77.4 Å². The normalized spacial score (nSPS) is 25.1. The number of nitrogens with one attached hydrogen (secondary N) is 1. The van der Waals surface area contributed by atoms with E-state index in [-0.39, 0.29) is 24.8 Å². The maximum absolute atomic E-state index is 12.3. The van der Waals surface area contributed by atoms with E-state index >= 15 is 0 Å². The second kappa shape index (κ2) is 11.2. The number of piperazine rings is 2. The summed E-state index contributed by atoms with van der Waals surface area (Å²) in [7, 11) is 1.81. The molecule has 0 aromatic carbocycles. The first-order chi connectivity index (χ1) is 16.4. The molecule has 0 saturated carbocycles. The number of carbonyl (C=O) groups is 2. The van der Waals surface area contributed by atoms with Crippen molar-refractivity contribution in [1.29, 1.82) is 0 Å². The van der Waals surface area contributed by atoms with Gasteiger partial charge < -0.3 is 24.5 Å². The van der Waals surface area contributed by atoms with Crippen molar-refractivity contribution < 1.29 is 24.0 Å². The number of amides is 1. The fourth-order valence-corrected chi connectivity index (χ4v) is 5.01. The van der Waals surface area contributed by atoms with Gasteiger partial charge in [-0.1, -0.05) is 0 Å². The molecule has 3 saturated heterocycles. The summed E-state index contributed by atoms with van der Waals surface area (Å²) in [4.78, 5) is 47.4. The van der Waals surface area contributed by atoms with E-state index in [0.29, 0.717) is 12.4 Å². The largest absolute Gasteiger partial charge is 0.481 e. The molecule has 0 radical (unpaired) electrons. The van der Waals surface area contributed by atoms with Gasteiger partial charge in [-0.05, 0) is 37.5 Å². The molecule has 4 rings (SSSR count). The van der Waals surface area contributed by atoms with E-state index in [9.17, 15) is 14.4 Å². The van der Waals surface area contributed by atoms with Crippen LogP contribution in [0.3, 0.4) is 0 Å². The number of carboxylic acids is 1. The van der Waals surface area contributed by atoms with Gasteiger partial charge in [-0.3, -0.25) is 24.1 Å². The molecular weight excluding hydrogens is 446 g/mol. The average molecular weight is 482 g/mol. The summed E-state index contributed by atoms with van der Waals surface area (Å²) in [6.07, 6.45) is 2.17. The number of carbonyl (C=O) groups excluding carboxylic acids is 1. The Balaban J connectivity index is 1.19. The van der Waals surface area contributed by atoms with Crippen molar-refractivity contribution >= 4 is 18.0 Å². The standard InChI is InChI=1S/C21H35N7O6/c1-24-16(4-2-6-25-10-14-28(15-11-25)19-22-20(31)34-23-19)18(33-21(24)32)27-12-8-26(9-13-27)7-3-5-17(29)30/h16,18H,2-15H2,1H3,(H,29,30)(H,22,23,31). The monoisotopic (exact) mass is 481 g/mol. The third kappa shape index (κ3) is 6.07. The van der Waals surface area contributed by atoms with Crippen LogP contribution in [0.15, 0.2) is 9.32 Å².